The Kier molecular flexibility index (Phi) is 13.4. The van der Waals surface area contributed by atoms with Crippen LogP contribution in [0, 0.1) is 35.3 Å². The molecular weight excluding hydrogens is 773 g/mol. The second-order valence-corrected chi connectivity index (χ2v) is 16.8. The molecule has 58 heavy (non-hydrogen) atoms. The lowest BCUT2D eigenvalue weighted by Gasteiger charge is -2.32. The highest BCUT2D eigenvalue weighted by Gasteiger charge is 2.32. The highest BCUT2D eigenvalue weighted by Crippen LogP contribution is 2.42. The molecule has 2 atom stereocenters. The average Bonchev–Trinajstić information content (AvgIpc) is 3.24. The second kappa shape index (κ2) is 18.8. The Bertz CT molecular complexity index is 2190. The molecule has 2 N–H and O–H groups in total. The van der Waals surface area contributed by atoms with Gasteiger partial charge in [0.15, 0.2) is 0 Å². The van der Waals surface area contributed by atoms with E-state index in [0.29, 0.717) is 33.7 Å². The molecule has 0 aliphatic heterocycles. The molecule has 2 amide bonds. The number of nitrogens with zero attached hydrogens (tertiary/aromatic N) is 2. The first-order chi connectivity index (χ1) is 28.0. The van der Waals surface area contributed by atoms with Gasteiger partial charge in [0.25, 0.3) is 0 Å². The fourth-order valence-electron chi connectivity index (χ4n) is 8.86. The van der Waals surface area contributed by atoms with Crippen molar-refractivity contribution in [1.82, 2.24) is 9.97 Å². The molecule has 0 radical (unpaired) electrons. The van der Waals surface area contributed by atoms with Crippen LogP contribution in [-0.4, -0.2) is 21.8 Å². The molecular formula is C48H48Cl2F2N4O2. The van der Waals surface area contributed by atoms with Crippen molar-refractivity contribution in [3.8, 4) is 0 Å². The topological polar surface area (TPSA) is 84.0 Å². The van der Waals surface area contributed by atoms with Gasteiger partial charge in [-0.15, -0.1) is 0 Å². The number of aromatic nitrogens is 2. The number of amides is 2. The van der Waals surface area contributed by atoms with E-state index in [1.807, 2.05) is 62.6 Å². The van der Waals surface area contributed by atoms with Gasteiger partial charge in [0.2, 0.25) is 11.8 Å². The molecule has 2 heterocycles. The molecule has 4 aromatic carbocycles. The van der Waals surface area contributed by atoms with Crippen LogP contribution >= 0.6 is 23.2 Å². The Morgan fingerprint density at radius 1 is 0.552 bits per heavy atom. The van der Waals surface area contributed by atoms with Crippen molar-refractivity contribution in [2.45, 2.75) is 77.0 Å². The quantitative estimate of drug-likeness (QED) is 0.160. The summed E-state index contributed by atoms with van der Waals surface area (Å²) >= 11 is 11.8. The smallest absolute Gasteiger partial charge is 0.227 e. The largest absolute Gasteiger partial charge is 0.326 e. The molecule has 300 valence electrons. The molecule has 2 fully saturated rings. The third-order valence-electron chi connectivity index (χ3n) is 12.4. The minimum absolute atomic E-state index is 0.0483. The summed E-state index contributed by atoms with van der Waals surface area (Å²) in [7, 11) is 0. The van der Waals surface area contributed by atoms with Gasteiger partial charge in [-0.3, -0.25) is 19.6 Å². The molecule has 6 nitrogen and oxygen atoms in total. The predicted octanol–water partition coefficient (Wildman–Crippen LogP) is 13.2. The molecule has 0 spiro atoms. The number of benzene rings is 4. The SMILES string of the molecule is CC(C(=O)Nc1ccc(Cl)cc1)C1CCC(c2ccnc3ccc(F)cc23)CC1.CC(C(=O)Nc1ccc(Cl)cc1)C1CCC(c2ccnc3ccc(F)cc23)CC1. The number of anilines is 2. The van der Waals surface area contributed by atoms with Crippen molar-refractivity contribution in [3.05, 3.63) is 142 Å². The number of carbonyl (C=O) groups is 2. The van der Waals surface area contributed by atoms with E-state index in [4.69, 9.17) is 23.2 Å². The predicted molar refractivity (Wildman–Crippen MR) is 231 cm³/mol. The zero-order chi connectivity index (χ0) is 40.8. The number of pyridine rings is 2. The lowest BCUT2D eigenvalue weighted by molar-refractivity contribution is -0.122. The van der Waals surface area contributed by atoms with Crippen molar-refractivity contribution < 1.29 is 18.4 Å². The zero-order valence-corrected chi connectivity index (χ0v) is 34.2. The van der Waals surface area contributed by atoms with Crippen molar-refractivity contribution in [2.24, 2.45) is 23.7 Å². The molecule has 2 saturated carbocycles. The third-order valence-corrected chi connectivity index (χ3v) is 12.9. The number of carbonyl (C=O) groups excluding carboxylic acids is 2. The summed E-state index contributed by atoms with van der Waals surface area (Å²) in [5.41, 5.74) is 5.55. The van der Waals surface area contributed by atoms with Crippen LogP contribution in [0.1, 0.15) is 88.2 Å². The van der Waals surface area contributed by atoms with Crippen molar-refractivity contribution in [1.29, 1.82) is 0 Å². The summed E-state index contributed by atoms with van der Waals surface area (Å²) in [5, 5.41) is 9.10. The van der Waals surface area contributed by atoms with E-state index in [1.54, 1.807) is 48.5 Å². The second-order valence-electron chi connectivity index (χ2n) is 15.9. The van der Waals surface area contributed by atoms with Gasteiger partial charge in [0.1, 0.15) is 11.6 Å². The Balaban J connectivity index is 0.000000177. The molecule has 10 heteroatoms. The summed E-state index contributed by atoms with van der Waals surface area (Å²) in [5.74, 6) is 0.985. The van der Waals surface area contributed by atoms with Gasteiger partial charge in [0.05, 0.1) is 11.0 Å². The van der Waals surface area contributed by atoms with Crippen LogP contribution in [0.2, 0.25) is 10.0 Å². The van der Waals surface area contributed by atoms with Gasteiger partial charge >= 0.3 is 0 Å². The molecule has 8 rings (SSSR count). The van der Waals surface area contributed by atoms with Crippen LogP contribution in [-0.2, 0) is 9.59 Å². The van der Waals surface area contributed by atoms with E-state index in [1.165, 1.54) is 23.3 Å². The van der Waals surface area contributed by atoms with Crippen LogP contribution in [0.15, 0.2) is 109 Å². The number of hydrogen-bond donors (Lipinski definition) is 2. The van der Waals surface area contributed by atoms with Gasteiger partial charge in [0, 0.05) is 56.4 Å². The Labute approximate surface area is 348 Å². The average molecular weight is 822 g/mol. The molecule has 0 saturated heterocycles. The normalized spacial score (nSPS) is 20.4. The fourth-order valence-corrected chi connectivity index (χ4v) is 9.11. The van der Waals surface area contributed by atoms with Crippen LogP contribution in [0.25, 0.3) is 21.8 Å². The fraction of sp³-hybridized carbons (Fsp3) is 0.333. The maximum Gasteiger partial charge on any atom is 0.227 e. The Morgan fingerprint density at radius 2 is 0.914 bits per heavy atom. The van der Waals surface area contributed by atoms with Crippen LogP contribution < -0.4 is 10.6 Å². The van der Waals surface area contributed by atoms with E-state index in [9.17, 15) is 18.4 Å². The van der Waals surface area contributed by atoms with E-state index in [-0.39, 0.29) is 35.3 Å². The third kappa shape index (κ3) is 10.0. The standard InChI is InChI=1S/2C24H24ClFN2O/c2*1-15(24(29)28-20-9-6-18(25)7-10-20)16-2-4-17(5-3-16)21-12-13-27-23-11-8-19(26)14-22(21)23/h2*6-17H,2-5H2,1H3,(H,28,29). The van der Waals surface area contributed by atoms with Gasteiger partial charge in [-0.25, -0.2) is 8.78 Å². The maximum atomic E-state index is 13.8. The minimum atomic E-state index is -0.229. The molecule has 2 aliphatic carbocycles. The van der Waals surface area contributed by atoms with Gasteiger partial charge in [-0.2, -0.15) is 0 Å². The Morgan fingerprint density at radius 3 is 1.28 bits per heavy atom. The molecule has 0 bridgehead atoms. The molecule has 2 aliphatic rings. The van der Waals surface area contributed by atoms with Crippen molar-refractivity contribution in [3.63, 3.8) is 0 Å². The molecule has 2 unspecified atom stereocenters. The first kappa shape index (κ1) is 41.2. The van der Waals surface area contributed by atoms with Gasteiger partial charge < -0.3 is 10.6 Å². The van der Waals surface area contributed by atoms with E-state index in [0.717, 1.165) is 84.5 Å². The summed E-state index contributed by atoms with van der Waals surface area (Å²) < 4.78 is 27.5. The Hall–Kier alpha value is -4.92. The lowest BCUT2D eigenvalue weighted by atomic mass is 9.73. The number of halogens is 4. The zero-order valence-electron chi connectivity index (χ0n) is 32.7. The van der Waals surface area contributed by atoms with Crippen molar-refractivity contribution >= 4 is 68.2 Å². The van der Waals surface area contributed by atoms with Crippen LogP contribution in [0.5, 0.6) is 0 Å². The minimum Gasteiger partial charge on any atom is -0.326 e. The number of hydrogen-bond acceptors (Lipinski definition) is 4. The maximum absolute atomic E-state index is 13.8. The highest BCUT2D eigenvalue weighted by molar-refractivity contribution is 6.31. The summed E-state index contributed by atoms with van der Waals surface area (Å²) in [4.78, 5) is 34.1. The van der Waals surface area contributed by atoms with Gasteiger partial charge in [-0.05, 0) is 183 Å². The van der Waals surface area contributed by atoms with Gasteiger partial charge in [-0.1, -0.05) is 37.0 Å². The first-order valence-electron chi connectivity index (χ1n) is 20.2. The monoisotopic (exact) mass is 820 g/mol. The first-order valence-corrected chi connectivity index (χ1v) is 21.0. The number of rotatable bonds is 8. The molecule has 6 aromatic rings. The number of fused-ring (bicyclic) bond motifs is 2. The van der Waals surface area contributed by atoms with E-state index < -0.39 is 0 Å². The van der Waals surface area contributed by atoms with Crippen molar-refractivity contribution in [2.75, 3.05) is 10.6 Å². The summed E-state index contributed by atoms with van der Waals surface area (Å²) in [6.07, 6.45) is 11.6. The highest BCUT2D eigenvalue weighted by atomic mass is 35.5. The van der Waals surface area contributed by atoms with Crippen LogP contribution in [0.4, 0.5) is 20.2 Å². The van der Waals surface area contributed by atoms with E-state index >= 15 is 0 Å². The summed E-state index contributed by atoms with van der Waals surface area (Å²) in [6, 6.07) is 28.0. The number of nitrogens with one attached hydrogen (secondary N) is 2. The summed E-state index contributed by atoms with van der Waals surface area (Å²) in [6.45, 7) is 4.01. The molecule has 2 aromatic heterocycles. The van der Waals surface area contributed by atoms with Crippen LogP contribution in [0.3, 0.4) is 0 Å². The van der Waals surface area contributed by atoms with E-state index in [2.05, 4.69) is 20.6 Å². The lowest BCUT2D eigenvalue weighted by Crippen LogP contribution is -2.29.